The molecule has 7 rings (SSSR count). The maximum atomic E-state index is 6.78. The summed E-state index contributed by atoms with van der Waals surface area (Å²) in [7, 11) is -28.8. The minimum absolute atomic E-state index is 0.577. The van der Waals surface area contributed by atoms with Crippen molar-refractivity contribution in [3.8, 4) is 0 Å². The zero-order valence-electron chi connectivity index (χ0n) is 19.8. The average Bonchev–Trinajstić information content (AvgIpc) is 2.52. The Kier molecular flexibility index (Phi) is 5.08. The predicted molar refractivity (Wildman–Crippen MR) is 131 cm³/mol. The SMILES string of the molecule is C[Si]12O[Si]3(C)O[Si]4(C)O[Si](C)(O1)O[Si]1(C)O[Si](C)(O2)O[Si](C)(O3)O[Si](c2ccc(N)cc2)(O4)O1. The van der Waals surface area contributed by atoms with Crippen LogP contribution in [0.5, 0.6) is 0 Å². The number of benzene rings is 1. The summed E-state index contributed by atoms with van der Waals surface area (Å²) < 4.78 is 79.3. The highest BCUT2D eigenvalue weighted by molar-refractivity contribution is 7.04. The molecule has 0 aliphatic carbocycles. The van der Waals surface area contributed by atoms with E-state index in [9.17, 15) is 0 Å². The summed E-state index contributed by atoms with van der Waals surface area (Å²) in [6, 6.07) is 7.07. The summed E-state index contributed by atoms with van der Waals surface area (Å²) in [4.78, 5) is 0. The van der Waals surface area contributed by atoms with Crippen molar-refractivity contribution < 1.29 is 49.4 Å². The van der Waals surface area contributed by atoms with Gasteiger partial charge in [0.05, 0.1) is 0 Å². The Morgan fingerprint density at radius 1 is 0.412 bits per heavy atom. The van der Waals surface area contributed by atoms with Gasteiger partial charge in [-0.25, -0.2) is 0 Å². The first-order valence-electron chi connectivity index (χ1n) is 10.8. The monoisotopic (exact) mass is 613 g/mol. The first-order chi connectivity index (χ1) is 15.5. The molecule has 34 heavy (non-hydrogen) atoms. The van der Waals surface area contributed by atoms with Crippen LogP contribution < -0.4 is 10.9 Å². The fraction of sp³-hybridized carbons (Fsp3) is 0.538. The summed E-state index contributed by atoms with van der Waals surface area (Å²) in [6.07, 6.45) is 0. The van der Waals surface area contributed by atoms with Gasteiger partial charge in [0, 0.05) is 56.7 Å². The van der Waals surface area contributed by atoms with E-state index in [1.807, 2.05) is 0 Å². The number of nitrogens with two attached hydrogens (primary N) is 1. The van der Waals surface area contributed by atoms with E-state index >= 15 is 0 Å². The third kappa shape index (κ3) is 4.05. The van der Waals surface area contributed by atoms with Crippen molar-refractivity contribution in [1.29, 1.82) is 0 Å². The molecular weight excluding hydrogens is 587 g/mol. The molecule has 0 atom stereocenters. The second-order valence-electron chi connectivity index (χ2n) is 9.44. The molecule has 6 aliphatic rings. The van der Waals surface area contributed by atoms with Gasteiger partial charge in [0.25, 0.3) is 0 Å². The van der Waals surface area contributed by atoms with Gasteiger partial charge < -0.3 is 55.1 Å². The van der Waals surface area contributed by atoms with E-state index in [1.165, 1.54) is 0 Å². The van der Waals surface area contributed by atoms with Crippen LogP contribution >= 0.6 is 0 Å². The zero-order chi connectivity index (χ0) is 24.5. The van der Waals surface area contributed by atoms with Crippen LogP contribution in [0.2, 0.25) is 45.8 Å². The molecule has 2 N–H and O–H groups in total. The van der Waals surface area contributed by atoms with Crippen LogP contribution in [-0.2, 0) is 49.4 Å². The molecule has 6 saturated heterocycles. The van der Waals surface area contributed by atoms with Gasteiger partial charge in [-0.05, 0) is 12.1 Å². The Labute approximate surface area is 206 Å². The predicted octanol–water partition coefficient (Wildman–Crippen LogP) is 0.663. The topological polar surface area (TPSA) is 137 Å². The lowest BCUT2D eigenvalue weighted by Gasteiger charge is -2.60. The van der Waals surface area contributed by atoms with Crippen LogP contribution in [0.25, 0.3) is 0 Å². The van der Waals surface area contributed by atoms with Crippen LogP contribution in [0.15, 0.2) is 24.3 Å². The Morgan fingerprint density at radius 3 is 0.912 bits per heavy atom. The molecule has 0 radical (unpaired) electrons. The van der Waals surface area contributed by atoms with Gasteiger partial charge in [0.2, 0.25) is 0 Å². The van der Waals surface area contributed by atoms with Gasteiger partial charge in [0.15, 0.2) is 0 Å². The maximum Gasteiger partial charge on any atom is 0.515 e. The van der Waals surface area contributed by atoms with E-state index in [4.69, 9.17) is 55.1 Å². The quantitative estimate of drug-likeness (QED) is 0.351. The summed E-state index contributed by atoms with van der Waals surface area (Å²) in [6.45, 7) is 12.2. The Balaban J connectivity index is 1.64. The van der Waals surface area contributed by atoms with Crippen molar-refractivity contribution >= 4 is 81.3 Å². The van der Waals surface area contributed by atoms with Gasteiger partial charge in [-0.1, -0.05) is 12.1 Å². The minimum Gasteiger partial charge on any atom is -0.399 e. The van der Waals surface area contributed by atoms with Crippen molar-refractivity contribution in [3.05, 3.63) is 24.3 Å². The molecule has 188 valence electrons. The van der Waals surface area contributed by atoms with Crippen LogP contribution in [0.1, 0.15) is 0 Å². The second-order valence-corrected chi connectivity index (χ2v) is 33.0. The van der Waals surface area contributed by atoms with Crippen LogP contribution in [-0.4, -0.2) is 70.4 Å². The van der Waals surface area contributed by atoms with Gasteiger partial charge in [0.1, 0.15) is 0 Å². The maximum absolute atomic E-state index is 6.78. The molecule has 6 aliphatic heterocycles. The molecule has 0 spiro atoms. The Hall–Kier alpha value is 0.275. The molecule has 1 aromatic carbocycles. The van der Waals surface area contributed by atoms with Gasteiger partial charge >= 0.3 is 70.4 Å². The zero-order valence-corrected chi connectivity index (χ0v) is 27.8. The van der Waals surface area contributed by atoms with E-state index in [2.05, 4.69) is 0 Å². The van der Waals surface area contributed by atoms with Crippen LogP contribution in [0, 0.1) is 0 Å². The van der Waals surface area contributed by atoms with Crippen LogP contribution in [0.4, 0.5) is 5.69 Å². The smallest absolute Gasteiger partial charge is 0.399 e. The molecule has 1 aromatic rings. The molecule has 0 aromatic heterocycles. The fourth-order valence-corrected chi connectivity index (χ4v) is 50.2. The highest BCUT2D eigenvalue weighted by Gasteiger charge is 2.79. The summed E-state index contributed by atoms with van der Waals surface area (Å²) >= 11 is 0. The van der Waals surface area contributed by atoms with E-state index < -0.39 is 70.4 Å². The van der Waals surface area contributed by atoms with Crippen molar-refractivity contribution in [2.45, 2.75) is 45.8 Å². The number of rotatable bonds is 1. The first kappa shape index (κ1) is 24.6. The molecule has 0 unspecified atom stereocenters. The number of hydrogen-bond acceptors (Lipinski definition) is 13. The highest BCUT2D eigenvalue weighted by Crippen LogP contribution is 2.47. The van der Waals surface area contributed by atoms with E-state index in [1.54, 1.807) is 70.1 Å². The average molecular weight is 614 g/mol. The third-order valence-electron chi connectivity index (χ3n) is 5.56. The van der Waals surface area contributed by atoms with Crippen molar-refractivity contribution in [2.24, 2.45) is 0 Å². The molecular formula is C13H27NO12Si8. The second kappa shape index (κ2) is 7.02. The third-order valence-corrected chi connectivity index (χ3v) is 41.0. The van der Waals surface area contributed by atoms with Gasteiger partial charge in [-0.3, -0.25) is 0 Å². The summed E-state index contributed by atoms with van der Waals surface area (Å²) in [5, 5.41) is 0.626. The molecule has 8 bridgehead atoms. The molecule has 13 nitrogen and oxygen atoms in total. The van der Waals surface area contributed by atoms with Crippen LogP contribution in [0.3, 0.4) is 0 Å². The lowest BCUT2D eigenvalue weighted by molar-refractivity contribution is -0.0157. The van der Waals surface area contributed by atoms with Crippen molar-refractivity contribution in [3.63, 3.8) is 0 Å². The number of anilines is 1. The minimum atomic E-state index is -3.90. The molecule has 21 heteroatoms. The lowest BCUT2D eigenvalue weighted by atomic mass is 10.3. The molecule has 6 heterocycles. The first-order valence-corrected chi connectivity index (χ1v) is 28.1. The normalized spacial score (nSPS) is 56.3. The van der Waals surface area contributed by atoms with Gasteiger partial charge in [-0.15, -0.1) is 0 Å². The van der Waals surface area contributed by atoms with Crippen molar-refractivity contribution in [2.75, 3.05) is 5.73 Å². The molecule has 6 fully saturated rings. The lowest BCUT2D eigenvalue weighted by Crippen LogP contribution is -2.87. The fourth-order valence-electron chi connectivity index (χ4n) is 5.13. The largest absolute Gasteiger partial charge is 0.515 e. The van der Waals surface area contributed by atoms with E-state index in [0.29, 0.717) is 10.9 Å². The highest BCUT2D eigenvalue weighted by atomic mass is 28.6. The molecule has 0 saturated carbocycles. The summed E-state index contributed by atoms with van der Waals surface area (Å²) in [5.41, 5.74) is 6.53. The Morgan fingerprint density at radius 2 is 0.647 bits per heavy atom. The number of nitrogen functional groups attached to an aromatic ring is 1. The standard InChI is InChI=1S/C13H27NO12Si8/c1-27-15-28(2)18-31(5)20-29(3,16-27)22-33(7)23-30(4,17-27)21-32(6,19-28)25-34(24-31,26-33)13-10-8-12(14)9-11-13/h8-11H,14H2,1-7H3. The van der Waals surface area contributed by atoms with E-state index in [0.717, 1.165) is 0 Å². The van der Waals surface area contributed by atoms with Gasteiger partial charge in [-0.2, -0.15) is 0 Å². The number of hydrogen-bond donors (Lipinski definition) is 1. The van der Waals surface area contributed by atoms with E-state index in [-0.39, 0.29) is 0 Å². The molecule has 0 amide bonds. The summed E-state index contributed by atoms with van der Waals surface area (Å²) in [5.74, 6) is 0. The van der Waals surface area contributed by atoms with Crippen molar-refractivity contribution in [1.82, 2.24) is 0 Å². The Bertz CT molecular complexity index is 938.